The van der Waals surface area contributed by atoms with Crippen LogP contribution in [0.2, 0.25) is 0 Å². The number of rotatable bonds is 7. The first kappa shape index (κ1) is 18.3. The van der Waals surface area contributed by atoms with Crippen LogP contribution in [0.4, 0.5) is 0 Å². The zero-order chi connectivity index (χ0) is 19.8. The molecule has 0 amide bonds. The van der Waals surface area contributed by atoms with Crippen LogP contribution in [-0.4, -0.2) is 32.0 Å². The number of carbonyl (C=O) groups is 1. The normalized spacial score (nSPS) is 14.6. The van der Waals surface area contributed by atoms with E-state index in [0.29, 0.717) is 17.9 Å². The van der Waals surface area contributed by atoms with Crippen molar-refractivity contribution in [3.63, 3.8) is 0 Å². The van der Waals surface area contributed by atoms with Crippen molar-refractivity contribution in [2.24, 2.45) is 13.0 Å². The first-order valence-corrected chi connectivity index (χ1v) is 9.69. The molecule has 6 nitrogen and oxygen atoms in total. The minimum atomic E-state index is -0.898. The second kappa shape index (κ2) is 7.19. The van der Waals surface area contributed by atoms with Gasteiger partial charge in [-0.1, -0.05) is 6.92 Å². The van der Waals surface area contributed by atoms with Gasteiger partial charge in [-0.2, -0.15) is 5.10 Å². The van der Waals surface area contributed by atoms with Gasteiger partial charge < -0.3 is 14.4 Å². The maximum Gasteiger partial charge on any atom is 0.331 e. The second-order valence-electron chi connectivity index (χ2n) is 7.44. The predicted molar refractivity (Wildman–Crippen MR) is 109 cm³/mol. The highest BCUT2D eigenvalue weighted by molar-refractivity contribution is 5.93. The first-order chi connectivity index (χ1) is 13.5. The van der Waals surface area contributed by atoms with Gasteiger partial charge in [-0.05, 0) is 56.4 Å². The van der Waals surface area contributed by atoms with Gasteiger partial charge in [-0.3, -0.25) is 4.68 Å². The molecule has 0 aliphatic heterocycles. The summed E-state index contributed by atoms with van der Waals surface area (Å²) in [5, 5.41) is 15.1. The van der Waals surface area contributed by atoms with Gasteiger partial charge in [0.05, 0.1) is 17.8 Å². The van der Waals surface area contributed by atoms with E-state index in [-0.39, 0.29) is 0 Å². The Hall–Kier alpha value is -3.02. The Morgan fingerprint density at radius 3 is 2.82 bits per heavy atom. The molecule has 1 N–H and O–H groups in total. The van der Waals surface area contributed by atoms with Gasteiger partial charge in [0.15, 0.2) is 0 Å². The molecule has 3 aromatic rings. The summed E-state index contributed by atoms with van der Waals surface area (Å²) >= 11 is 0. The zero-order valence-corrected chi connectivity index (χ0v) is 16.5. The fourth-order valence-electron chi connectivity index (χ4n) is 3.49. The number of ether oxygens (including phenoxy) is 1. The maximum absolute atomic E-state index is 11.5. The van der Waals surface area contributed by atoms with Crippen molar-refractivity contribution in [2.45, 2.75) is 33.1 Å². The first-order valence-electron chi connectivity index (χ1n) is 9.69. The Morgan fingerprint density at radius 2 is 2.14 bits per heavy atom. The van der Waals surface area contributed by atoms with Crippen LogP contribution in [0.15, 0.2) is 36.0 Å². The summed E-state index contributed by atoms with van der Waals surface area (Å²) in [6.45, 7) is 4.52. The maximum atomic E-state index is 11.5. The van der Waals surface area contributed by atoms with E-state index in [1.165, 1.54) is 12.8 Å². The van der Waals surface area contributed by atoms with E-state index < -0.39 is 5.97 Å². The molecule has 1 fully saturated rings. The summed E-state index contributed by atoms with van der Waals surface area (Å²) in [5.74, 6) is 1.50. The number of carboxylic acids is 1. The number of carboxylic acid groups (broad SMARTS) is 1. The number of fused-ring (bicyclic) bond motifs is 1. The van der Waals surface area contributed by atoms with Crippen molar-refractivity contribution < 1.29 is 14.6 Å². The van der Waals surface area contributed by atoms with Gasteiger partial charge in [0.25, 0.3) is 0 Å². The molecule has 0 atom stereocenters. The highest BCUT2D eigenvalue weighted by Gasteiger charge is 2.22. The van der Waals surface area contributed by atoms with Gasteiger partial charge in [0.1, 0.15) is 11.6 Å². The fourth-order valence-corrected chi connectivity index (χ4v) is 3.49. The van der Waals surface area contributed by atoms with Crippen LogP contribution in [0.1, 0.15) is 37.4 Å². The molecule has 6 heteroatoms. The van der Waals surface area contributed by atoms with Crippen molar-refractivity contribution in [3.8, 4) is 11.6 Å². The largest absolute Gasteiger partial charge is 0.493 e. The molecule has 0 spiro atoms. The van der Waals surface area contributed by atoms with E-state index in [0.717, 1.165) is 40.3 Å². The standard InChI is InChI=1S/C22H25N3O3/c1-4-16(22(26)27)11-19-14(2)23-24(3)21(19)25-10-9-17-7-8-18(12-20(17)25)28-13-15-5-6-15/h7-12,15H,4-6,13H2,1-3H3,(H,26,27). The summed E-state index contributed by atoms with van der Waals surface area (Å²) in [5.41, 5.74) is 3.00. The average Bonchev–Trinajstić information content (AvgIpc) is 3.35. The summed E-state index contributed by atoms with van der Waals surface area (Å²) in [6, 6.07) is 8.16. The van der Waals surface area contributed by atoms with Crippen LogP contribution in [0.3, 0.4) is 0 Å². The van der Waals surface area contributed by atoms with E-state index >= 15 is 0 Å². The van der Waals surface area contributed by atoms with E-state index in [1.54, 1.807) is 10.8 Å². The van der Waals surface area contributed by atoms with Crippen LogP contribution in [-0.2, 0) is 11.8 Å². The van der Waals surface area contributed by atoms with Crippen LogP contribution in [0, 0.1) is 12.8 Å². The molecule has 1 saturated carbocycles. The molecular weight excluding hydrogens is 354 g/mol. The predicted octanol–water partition coefficient (Wildman–Crippen LogP) is 4.34. The molecule has 146 valence electrons. The quantitative estimate of drug-likeness (QED) is 0.620. The summed E-state index contributed by atoms with van der Waals surface area (Å²) in [7, 11) is 1.88. The van der Waals surface area contributed by atoms with E-state index in [2.05, 4.69) is 15.7 Å². The van der Waals surface area contributed by atoms with Crippen molar-refractivity contribution >= 4 is 22.9 Å². The van der Waals surface area contributed by atoms with Crippen molar-refractivity contribution in [1.82, 2.24) is 14.3 Å². The smallest absolute Gasteiger partial charge is 0.331 e. The molecule has 0 bridgehead atoms. The minimum absolute atomic E-state index is 0.363. The highest BCUT2D eigenvalue weighted by Crippen LogP contribution is 2.32. The van der Waals surface area contributed by atoms with E-state index in [4.69, 9.17) is 4.74 Å². The van der Waals surface area contributed by atoms with Crippen LogP contribution >= 0.6 is 0 Å². The topological polar surface area (TPSA) is 69.3 Å². The van der Waals surface area contributed by atoms with Gasteiger partial charge in [0.2, 0.25) is 0 Å². The molecule has 4 rings (SSSR count). The Kier molecular flexibility index (Phi) is 4.71. The van der Waals surface area contributed by atoms with Gasteiger partial charge in [-0.25, -0.2) is 4.79 Å². The van der Waals surface area contributed by atoms with Gasteiger partial charge >= 0.3 is 5.97 Å². The summed E-state index contributed by atoms with van der Waals surface area (Å²) < 4.78 is 9.81. The Balaban J connectivity index is 1.81. The molecule has 2 heterocycles. The molecule has 1 aliphatic rings. The number of hydrogen-bond donors (Lipinski definition) is 1. The SMILES string of the molecule is CCC(=Cc1c(C)nn(C)c1-n1ccc2ccc(OCC3CC3)cc21)C(=O)O. The Morgan fingerprint density at radius 1 is 1.36 bits per heavy atom. The fraction of sp³-hybridized carbons (Fsp3) is 0.364. The molecule has 28 heavy (non-hydrogen) atoms. The summed E-state index contributed by atoms with van der Waals surface area (Å²) in [4.78, 5) is 11.5. The lowest BCUT2D eigenvalue weighted by Gasteiger charge is -2.10. The number of aliphatic carboxylic acids is 1. The number of aromatic nitrogens is 3. The number of benzene rings is 1. The molecule has 0 radical (unpaired) electrons. The highest BCUT2D eigenvalue weighted by atomic mass is 16.5. The van der Waals surface area contributed by atoms with Crippen LogP contribution in [0.25, 0.3) is 22.8 Å². The number of nitrogens with zero attached hydrogens (tertiary/aromatic N) is 3. The van der Waals surface area contributed by atoms with E-state index in [9.17, 15) is 9.90 Å². The second-order valence-corrected chi connectivity index (χ2v) is 7.44. The monoisotopic (exact) mass is 379 g/mol. The molecule has 2 aromatic heterocycles. The third-order valence-electron chi connectivity index (χ3n) is 5.29. The Bertz CT molecular complexity index is 1070. The summed E-state index contributed by atoms with van der Waals surface area (Å²) in [6.07, 6.45) is 6.70. The lowest BCUT2D eigenvalue weighted by atomic mass is 10.1. The van der Waals surface area contributed by atoms with Crippen molar-refractivity contribution in [1.29, 1.82) is 0 Å². The third kappa shape index (κ3) is 3.42. The van der Waals surface area contributed by atoms with Gasteiger partial charge in [0, 0.05) is 35.8 Å². The molecule has 1 aromatic carbocycles. The number of hydrogen-bond acceptors (Lipinski definition) is 3. The van der Waals surface area contributed by atoms with Crippen molar-refractivity contribution in [2.75, 3.05) is 6.61 Å². The zero-order valence-electron chi connectivity index (χ0n) is 16.5. The minimum Gasteiger partial charge on any atom is -0.493 e. The lowest BCUT2D eigenvalue weighted by molar-refractivity contribution is -0.132. The molecule has 1 aliphatic carbocycles. The van der Waals surface area contributed by atoms with E-state index in [1.807, 2.05) is 45.3 Å². The Labute approximate surface area is 164 Å². The van der Waals surface area contributed by atoms with Gasteiger partial charge in [-0.15, -0.1) is 0 Å². The molecule has 0 saturated heterocycles. The average molecular weight is 379 g/mol. The molecule has 0 unspecified atom stereocenters. The van der Waals surface area contributed by atoms with Crippen LogP contribution in [0.5, 0.6) is 5.75 Å². The third-order valence-corrected chi connectivity index (χ3v) is 5.29. The number of aryl methyl sites for hydroxylation is 2. The lowest BCUT2D eigenvalue weighted by Crippen LogP contribution is -2.04. The van der Waals surface area contributed by atoms with Crippen LogP contribution < -0.4 is 4.74 Å². The molecular formula is C22H25N3O3. The van der Waals surface area contributed by atoms with Crippen molar-refractivity contribution in [3.05, 3.63) is 47.3 Å².